The Morgan fingerprint density at radius 3 is 2.14 bits per heavy atom. The summed E-state index contributed by atoms with van der Waals surface area (Å²) in [7, 11) is 1.71. The van der Waals surface area contributed by atoms with Crippen LogP contribution in [0.15, 0.2) is 48.5 Å². The molecule has 0 amide bonds. The number of methoxy groups -OCH3 is 1. The summed E-state index contributed by atoms with van der Waals surface area (Å²) >= 11 is 0. The zero-order valence-electron chi connectivity index (χ0n) is 17.7. The van der Waals surface area contributed by atoms with Gasteiger partial charge in [0.1, 0.15) is 11.5 Å². The van der Waals surface area contributed by atoms with Crippen molar-refractivity contribution in [3.05, 3.63) is 59.7 Å². The number of carbonyl (C=O) groups excluding carboxylic acids is 1. The van der Waals surface area contributed by atoms with E-state index in [0.29, 0.717) is 23.5 Å². The second kappa shape index (κ2) is 8.38. The van der Waals surface area contributed by atoms with Gasteiger partial charge < -0.3 is 9.47 Å². The van der Waals surface area contributed by atoms with Gasteiger partial charge in [-0.2, -0.15) is 0 Å². The van der Waals surface area contributed by atoms with Crippen molar-refractivity contribution in [3.63, 3.8) is 0 Å². The van der Waals surface area contributed by atoms with Crippen LogP contribution in [-0.4, -0.2) is 13.1 Å². The van der Waals surface area contributed by atoms with E-state index in [1.54, 1.807) is 7.11 Å². The Hall–Kier alpha value is -2.29. The molecule has 1 aliphatic rings. The summed E-state index contributed by atoms with van der Waals surface area (Å²) in [5.41, 5.74) is 2.83. The van der Waals surface area contributed by atoms with Crippen molar-refractivity contribution in [1.82, 2.24) is 0 Å². The lowest BCUT2D eigenvalue weighted by atomic mass is 9.62. The van der Waals surface area contributed by atoms with Gasteiger partial charge in [0.25, 0.3) is 0 Å². The van der Waals surface area contributed by atoms with E-state index >= 15 is 0 Å². The van der Waals surface area contributed by atoms with Crippen molar-refractivity contribution in [3.8, 4) is 11.5 Å². The van der Waals surface area contributed by atoms with Gasteiger partial charge in [0.2, 0.25) is 0 Å². The monoisotopic (exact) mass is 380 g/mol. The van der Waals surface area contributed by atoms with Crippen molar-refractivity contribution in [1.29, 1.82) is 0 Å². The van der Waals surface area contributed by atoms with E-state index in [2.05, 4.69) is 57.2 Å². The van der Waals surface area contributed by atoms with Gasteiger partial charge in [0, 0.05) is 6.92 Å². The van der Waals surface area contributed by atoms with Crippen LogP contribution in [0.1, 0.15) is 64.0 Å². The molecular weight excluding hydrogens is 348 g/mol. The van der Waals surface area contributed by atoms with E-state index in [9.17, 15) is 4.79 Å². The molecule has 0 aromatic heterocycles. The van der Waals surface area contributed by atoms with E-state index in [1.807, 2.05) is 12.1 Å². The van der Waals surface area contributed by atoms with Crippen LogP contribution < -0.4 is 9.47 Å². The molecule has 0 radical (unpaired) electrons. The second-order valence-electron chi connectivity index (χ2n) is 8.71. The van der Waals surface area contributed by atoms with Crippen molar-refractivity contribution in [2.75, 3.05) is 7.11 Å². The summed E-state index contributed by atoms with van der Waals surface area (Å²) in [4.78, 5) is 11.2. The Morgan fingerprint density at radius 1 is 0.964 bits per heavy atom. The molecule has 150 valence electrons. The third-order valence-corrected chi connectivity index (χ3v) is 6.62. The molecule has 1 fully saturated rings. The smallest absolute Gasteiger partial charge is 0.308 e. The summed E-state index contributed by atoms with van der Waals surface area (Å²) < 4.78 is 10.5. The average molecular weight is 381 g/mol. The third-order valence-electron chi connectivity index (χ3n) is 6.62. The molecule has 0 N–H and O–H groups in total. The van der Waals surface area contributed by atoms with Crippen molar-refractivity contribution < 1.29 is 14.3 Å². The first-order chi connectivity index (χ1) is 13.3. The number of benzene rings is 2. The quantitative estimate of drug-likeness (QED) is 0.463. The molecule has 28 heavy (non-hydrogen) atoms. The zero-order valence-corrected chi connectivity index (χ0v) is 17.7. The Kier molecular flexibility index (Phi) is 6.12. The molecular formula is C25H32O3. The van der Waals surface area contributed by atoms with E-state index in [4.69, 9.17) is 9.47 Å². The van der Waals surface area contributed by atoms with E-state index < -0.39 is 0 Å². The lowest BCUT2D eigenvalue weighted by Gasteiger charge is -2.43. The van der Waals surface area contributed by atoms with Gasteiger partial charge in [0.05, 0.1) is 7.11 Å². The summed E-state index contributed by atoms with van der Waals surface area (Å²) in [6, 6.07) is 16.6. The van der Waals surface area contributed by atoms with Gasteiger partial charge >= 0.3 is 5.97 Å². The molecule has 3 heteroatoms. The molecule has 1 aliphatic carbocycles. The maximum Gasteiger partial charge on any atom is 0.308 e. The molecule has 0 bridgehead atoms. The largest absolute Gasteiger partial charge is 0.497 e. The third kappa shape index (κ3) is 4.40. The van der Waals surface area contributed by atoms with Gasteiger partial charge in [-0.05, 0) is 77.8 Å². The van der Waals surface area contributed by atoms with Crippen molar-refractivity contribution in [2.24, 2.45) is 11.8 Å². The highest BCUT2D eigenvalue weighted by molar-refractivity contribution is 5.69. The predicted molar refractivity (Wildman–Crippen MR) is 113 cm³/mol. The normalized spacial score (nSPS) is 22.5. The molecule has 0 heterocycles. The number of rotatable bonds is 5. The van der Waals surface area contributed by atoms with Crippen LogP contribution in [-0.2, 0) is 10.2 Å². The van der Waals surface area contributed by atoms with Crippen LogP contribution >= 0.6 is 0 Å². The Balaban J connectivity index is 1.78. The van der Waals surface area contributed by atoms with Gasteiger partial charge in [0.15, 0.2) is 0 Å². The summed E-state index contributed by atoms with van der Waals surface area (Å²) in [6.07, 6.45) is 3.66. The van der Waals surface area contributed by atoms with E-state index in [1.165, 1.54) is 37.3 Å². The first-order valence-electron chi connectivity index (χ1n) is 10.2. The minimum Gasteiger partial charge on any atom is -0.497 e. The SMILES string of the molecule is COc1ccc(C(C)(C)C2CCC(C)C(c3ccc(OC(C)=O)cc3)C2)cc1. The highest BCUT2D eigenvalue weighted by atomic mass is 16.5. The lowest BCUT2D eigenvalue weighted by Crippen LogP contribution is -2.34. The lowest BCUT2D eigenvalue weighted by molar-refractivity contribution is -0.131. The van der Waals surface area contributed by atoms with Crippen LogP contribution in [0.5, 0.6) is 11.5 Å². The van der Waals surface area contributed by atoms with Crippen LogP contribution in [0.3, 0.4) is 0 Å². The number of hydrogen-bond acceptors (Lipinski definition) is 3. The van der Waals surface area contributed by atoms with Crippen molar-refractivity contribution in [2.45, 2.75) is 58.3 Å². The average Bonchev–Trinajstić information content (AvgIpc) is 2.68. The molecule has 3 nitrogen and oxygen atoms in total. The van der Waals surface area contributed by atoms with Gasteiger partial charge in [-0.25, -0.2) is 0 Å². The Labute approximate surface area is 169 Å². The predicted octanol–water partition coefficient (Wildman–Crippen LogP) is 6.12. The number of ether oxygens (including phenoxy) is 2. The van der Waals surface area contributed by atoms with Crippen LogP contribution in [0.25, 0.3) is 0 Å². The fraction of sp³-hybridized carbons (Fsp3) is 0.480. The molecule has 0 spiro atoms. The summed E-state index contributed by atoms with van der Waals surface area (Å²) in [5.74, 6) is 3.05. The Bertz CT molecular complexity index is 790. The highest BCUT2D eigenvalue weighted by Crippen LogP contribution is 2.48. The summed E-state index contributed by atoms with van der Waals surface area (Å²) in [6.45, 7) is 8.54. The fourth-order valence-electron chi connectivity index (χ4n) is 4.65. The molecule has 0 aliphatic heterocycles. The van der Waals surface area contributed by atoms with Crippen LogP contribution in [0.4, 0.5) is 0 Å². The van der Waals surface area contributed by atoms with Crippen LogP contribution in [0, 0.1) is 11.8 Å². The van der Waals surface area contributed by atoms with Gasteiger partial charge in [-0.15, -0.1) is 0 Å². The van der Waals surface area contributed by atoms with Crippen LogP contribution in [0.2, 0.25) is 0 Å². The molecule has 2 aromatic carbocycles. The molecule has 1 saturated carbocycles. The van der Waals surface area contributed by atoms with Gasteiger partial charge in [-0.3, -0.25) is 4.79 Å². The molecule has 3 unspecified atom stereocenters. The molecule has 3 rings (SSSR count). The minimum atomic E-state index is -0.278. The second-order valence-corrected chi connectivity index (χ2v) is 8.71. The topological polar surface area (TPSA) is 35.5 Å². The number of hydrogen-bond donors (Lipinski definition) is 0. The van der Waals surface area contributed by atoms with E-state index in [0.717, 1.165) is 5.75 Å². The maximum absolute atomic E-state index is 11.2. The Morgan fingerprint density at radius 2 is 1.57 bits per heavy atom. The van der Waals surface area contributed by atoms with Gasteiger partial charge in [-0.1, -0.05) is 45.0 Å². The molecule has 3 atom stereocenters. The first kappa shape index (κ1) is 20.4. The number of esters is 1. The van der Waals surface area contributed by atoms with E-state index in [-0.39, 0.29) is 11.4 Å². The highest BCUT2D eigenvalue weighted by Gasteiger charge is 2.38. The first-order valence-corrected chi connectivity index (χ1v) is 10.2. The molecule has 2 aromatic rings. The standard InChI is InChI=1S/C25H32O3/c1-17-6-9-21(25(3,4)20-10-14-22(27-5)15-11-20)16-24(17)19-7-12-23(13-8-19)28-18(2)26/h7-8,10-15,17,21,24H,6,9,16H2,1-5H3. The minimum absolute atomic E-state index is 0.113. The summed E-state index contributed by atoms with van der Waals surface area (Å²) in [5, 5.41) is 0. The van der Waals surface area contributed by atoms with Crippen molar-refractivity contribution >= 4 is 5.97 Å². The molecule has 0 saturated heterocycles. The fourth-order valence-corrected chi connectivity index (χ4v) is 4.65. The number of carbonyl (C=O) groups is 1. The maximum atomic E-state index is 11.2. The zero-order chi connectivity index (χ0) is 20.3.